The van der Waals surface area contributed by atoms with E-state index in [-0.39, 0.29) is 16.8 Å². The van der Waals surface area contributed by atoms with Crippen molar-refractivity contribution in [2.45, 2.75) is 0 Å². The van der Waals surface area contributed by atoms with Crippen molar-refractivity contribution in [1.29, 1.82) is 10.5 Å². The van der Waals surface area contributed by atoms with E-state index < -0.39 is 0 Å². The van der Waals surface area contributed by atoms with Gasteiger partial charge in [-0.3, -0.25) is 0 Å². The average Bonchev–Trinajstić information content (AvgIpc) is 1.37. The summed E-state index contributed by atoms with van der Waals surface area (Å²) in [5, 5.41) is 14.5. The van der Waals surface area contributed by atoms with Crippen molar-refractivity contribution in [3.8, 4) is 12.1 Å². The van der Waals surface area contributed by atoms with Crippen LogP contribution in [0.2, 0.25) is 0 Å². The fraction of sp³-hybridized carbons (Fsp3) is 0. The van der Waals surface area contributed by atoms with Gasteiger partial charge in [-0.05, 0) is 0 Å². The molecule has 2 nitrogen and oxygen atoms in total. The first-order valence-electron chi connectivity index (χ1n) is 0.697. The molecule has 1 radical (unpaired) electrons. The molecule has 0 aliphatic heterocycles. The van der Waals surface area contributed by atoms with E-state index in [1.54, 1.807) is 0 Å². The van der Waals surface area contributed by atoms with Crippen LogP contribution in [0, 0.1) is 22.7 Å². The number of hydrogen-bond donors (Lipinski definition) is 0. The Kier molecular flexibility index (Phi) is 17.2. The average molecular weight is 111 g/mol. The van der Waals surface area contributed by atoms with E-state index in [0.29, 0.717) is 0 Å². The Bertz CT molecular complexity index is 62.6. The SMILES string of the molecule is N#CC#N.[Co]. The van der Waals surface area contributed by atoms with Gasteiger partial charge >= 0.3 is 0 Å². The van der Waals surface area contributed by atoms with Crippen LogP contribution < -0.4 is 0 Å². The molecule has 0 atom stereocenters. The van der Waals surface area contributed by atoms with Crippen LogP contribution in [0.25, 0.3) is 0 Å². The maximum atomic E-state index is 7.26. The van der Waals surface area contributed by atoms with Gasteiger partial charge in [0.1, 0.15) is 0 Å². The van der Waals surface area contributed by atoms with Crippen molar-refractivity contribution in [2.24, 2.45) is 0 Å². The minimum absolute atomic E-state index is 0. The second-order valence-electron chi connectivity index (χ2n) is 0.224. The maximum absolute atomic E-state index is 7.26. The molecule has 0 amide bonds. The van der Waals surface area contributed by atoms with Gasteiger partial charge in [-0.15, -0.1) is 0 Å². The summed E-state index contributed by atoms with van der Waals surface area (Å²) < 4.78 is 0. The summed E-state index contributed by atoms with van der Waals surface area (Å²) in [5.74, 6) is 0. The summed E-state index contributed by atoms with van der Waals surface area (Å²) >= 11 is 0. The molecule has 5 heavy (non-hydrogen) atoms. The third-order valence-corrected chi connectivity index (χ3v) is 0.0500. The van der Waals surface area contributed by atoms with Gasteiger partial charge < -0.3 is 0 Å². The summed E-state index contributed by atoms with van der Waals surface area (Å²) in [5.41, 5.74) is 0. The smallest absolute Gasteiger partial charge is 0.181 e. The summed E-state index contributed by atoms with van der Waals surface area (Å²) in [4.78, 5) is 0. The molecule has 27 valence electrons. The van der Waals surface area contributed by atoms with Gasteiger partial charge in [0.2, 0.25) is 0 Å². The van der Waals surface area contributed by atoms with Crippen LogP contribution in [0.15, 0.2) is 0 Å². The zero-order valence-corrected chi connectivity index (χ0v) is 3.27. The number of nitriles is 2. The van der Waals surface area contributed by atoms with E-state index in [9.17, 15) is 0 Å². The maximum Gasteiger partial charge on any atom is 0.181 e. The van der Waals surface area contributed by atoms with Crippen LogP contribution in [0.1, 0.15) is 0 Å². The molecule has 0 saturated heterocycles. The van der Waals surface area contributed by atoms with E-state index >= 15 is 0 Å². The predicted octanol–water partition coefficient (Wildman–Crippen LogP) is 0.0311. The molecule has 0 aliphatic rings. The van der Waals surface area contributed by atoms with E-state index in [1.807, 2.05) is 0 Å². The van der Waals surface area contributed by atoms with Gasteiger partial charge in [-0.1, -0.05) is 0 Å². The molecule has 0 heterocycles. The minimum Gasteiger partial charge on any atom is -0.181 e. The third-order valence-electron chi connectivity index (χ3n) is 0.0500. The number of rotatable bonds is 0. The molecular weight excluding hydrogens is 111 g/mol. The van der Waals surface area contributed by atoms with E-state index in [2.05, 4.69) is 0 Å². The van der Waals surface area contributed by atoms with Crippen LogP contribution in [-0.2, 0) is 16.8 Å². The van der Waals surface area contributed by atoms with Crippen molar-refractivity contribution in [3.05, 3.63) is 0 Å². The van der Waals surface area contributed by atoms with Crippen LogP contribution in [0.5, 0.6) is 0 Å². The van der Waals surface area contributed by atoms with Crippen molar-refractivity contribution < 1.29 is 16.8 Å². The van der Waals surface area contributed by atoms with Gasteiger partial charge in [0.25, 0.3) is 0 Å². The summed E-state index contributed by atoms with van der Waals surface area (Å²) in [6, 6.07) is 2.47. The Hall–Kier alpha value is -0.514. The second kappa shape index (κ2) is 9.76. The van der Waals surface area contributed by atoms with E-state index in [4.69, 9.17) is 10.5 Å². The van der Waals surface area contributed by atoms with E-state index in [0.717, 1.165) is 0 Å². The topological polar surface area (TPSA) is 47.6 Å². The Morgan fingerprint density at radius 2 is 1.20 bits per heavy atom. The van der Waals surface area contributed by atoms with Crippen LogP contribution in [-0.4, -0.2) is 0 Å². The molecule has 0 unspecified atom stereocenters. The molecule has 0 bridgehead atoms. The molecule has 0 rings (SSSR count). The second-order valence-corrected chi connectivity index (χ2v) is 0.224. The van der Waals surface area contributed by atoms with Gasteiger partial charge in [0.05, 0.1) is 0 Å². The van der Waals surface area contributed by atoms with Gasteiger partial charge in [0.15, 0.2) is 12.1 Å². The summed E-state index contributed by atoms with van der Waals surface area (Å²) in [7, 11) is 0. The molecule has 0 saturated carbocycles. The fourth-order valence-corrected chi connectivity index (χ4v) is 0. The fourth-order valence-electron chi connectivity index (χ4n) is 0. The zero-order valence-electron chi connectivity index (χ0n) is 2.23. The standard InChI is InChI=1S/C2N2.Co/c3-1-2-4;. The molecule has 0 fully saturated rings. The van der Waals surface area contributed by atoms with Crippen molar-refractivity contribution in [2.75, 3.05) is 0 Å². The Morgan fingerprint density at radius 3 is 1.20 bits per heavy atom. The number of nitrogens with zero attached hydrogens (tertiary/aromatic N) is 2. The molecule has 0 aromatic rings. The van der Waals surface area contributed by atoms with Crippen molar-refractivity contribution >= 4 is 0 Å². The monoisotopic (exact) mass is 111 g/mol. The Labute approximate surface area is 40.2 Å². The van der Waals surface area contributed by atoms with E-state index in [1.165, 1.54) is 12.1 Å². The van der Waals surface area contributed by atoms with Crippen LogP contribution in [0.4, 0.5) is 0 Å². The largest absolute Gasteiger partial charge is 0.181 e. The first-order chi connectivity index (χ1) is 1.91. The Morgan fingerprint density at radius 1 is 1.00 bits per heavy atom. The van der Waals surface area contributed by atoms with Gasteiger partial charge in [-0.25, -0.2) is 0 Å². The molecular formula is C2CoN2. The molecule has 0 N–H and O–H groups in total. The molecule has 0 aromatic carbocycles. The quantitative estimate of drug-likeness (QED) is 0.442. The third kappa shape index (κ3) is 32.6. The number of hydrogen-bond acceptors (Lipinski definition) is 2. The first-order valence-corrected chi connectivity index (χ1v) is 0.697. The van der Waals surface area contributed by atoms with Crippen molar-refractivity contribution in [3.63, 3.8) is 0 Å². The normalized spacial score (nSPS) is 2.00. The molecule has 0 spiro atoms. The summed E-state index contributed by atoms with van der Waals surface area (Å²) in [6.45, 7) is 0. The first kappa shape index (κ1) is 8.82. The Balaban J connectivity index is 0. The van der Waals surface area contributed by atoms with Gasteiger partial charge in [0, 0.05) is 16.8 Å². The predicted molar refractivity (Wildman–Crippen MR) is 11.2 cm³/mol. The zero-order chi connectivity index (χ0) is 3.41. The van der Waals surface area contributed by atoms with Crippen LogP contribution in [0.3, 0.4) is 0 Å². The molecule has 3 heteroatoms. The summed E-state index contributed by atoms with van der Waals surface area (Å²) in [6.07, 6.45) is 0. The van der Waals surface area contributed by atoms with Crippen molar-refractivity contribution in [1.82, 2.24) is 0 Å². The molecule has 0 aromatic heterocycles. The van der Waals surface area contributed by atoms with Gasteiger partial charge in [-0.2, -0.15) is 10.5 Å². The van der Waals surface area contributed by atoms with Crippen LogP contribution >= 0.6 is 0 Å². The molecule has 0 aliphatic carbocycles. The minimum atomic E-state index is 0.